The van der Waals surface area contributed by atoms with E-state index in [0.29, 0.717) is 11.8 Å². The first-order valence-corrected chi connectivity index (χ1v) is 9.41. The summed E-state index contributed by atoms with van der Waals surface area (Å²) in [4.78, 5) is 25.0. The lowest BCUT2D eigenvalue weighted by Gasteiger charge is -2.52. The third-order valence-electron chi connectivity index (χ3n) is 8.14. The van der Waals surface area contributed by atoms with Gasteiger partial charge in [0.25, 0.3) is 0 Å². The maximum atomic E-state index is 12.5. The quantitative estimate of drug-likeness (QED) is 0.445. The lowest BCUT2D eigenvalue weighted by molar-refractivity contribution is -0.154. The minimum atomic E-state index is -0.391. The molecule has 130 valence electrons. The minimum absolute atomic E-state index is 0.0499. The van der Waals surface area contributed by atoms with E-state index >= 15 is 0 Å². The van der Waals surface area contributed by atoms with Gasteiger partial charge in [-0.25, -0.2) is 5.01 Å². The maximum absolute atomic E-state index is 12.5. The van der Waals surface area contributed by atoms with Crippen LogP contribution in [0.15, 0.2) is 52.8 Å². The minimum Gasteiger partial charge on any atom is -0.393 e. The van der Waals surface area contributed by atoms with Gasteiger partial charge >= 0.3 is 11.9 Å². The molecule has 1 saturated heterocycles. The zero-order valence-electron chi connectivity index (χ0n) is 14.0. The Labute approximate surface area is 149 Å². The number of rotatable bonds is 1. The molecule has 0 unspecified atom stereocenters. The molecule has 2 heterocycles. The van der Waals surface area contributed by atoms with Crippen molar-refractivity contribution < 1.29 is 14.3 Å². The molecule has 1 aromatic rings. The van der Waals surface area contributed by atoms with Crippen molar-refractivity contribution in [1.29, 1.82) is 0 Å². The molecule has 4 fully saturated rings. The lowest BCUT2D eigenvalue weighted by atomic mass is 9.56. The number of benzene rings is 1. The molecule has 2 aliphatic heterocycles. The van der Waals surface area contributed by atoms with Crippen LogP contribution in [0.5, 0.6) is 0 Å². The van der Waals surface area contributed by atoms with Gasteiger partial charge in [-0.2, -0.15) is 5.11 Å². The molecule has 6 heteroatoms. The number of nitrogens with zero attached hydrogens (tertiary/aromatic N) is 3. The molecule has 0 N–H and O–H groups in total. The third kappa shape index (κ3) is 1.08. The first kappa shape index (κ1) is 13.7. The molecular formula is C20H17N3O3. The topological polar surface area (TPSA) is 71.3 Å². The summed E-state index contributed by atoms with van der Waals surface area (Å²) in [6, 6.07) is 10.1. The van der Waals surface area contributed by atoms with Gasteiger partial charge in [0.15, 0.2) is 0 Å². The van der Waals surface area contributed by atoms with Crippen LogP contribution in [0, 0.1) is 35.5 Å². The van der Waals surface area contributed by atoms with Gasteiger partial charge in [-0.1, -0.05) is 35.6 Å². The van der Waals surface area contributed by atoms with Crippen LogP contribution in [0.4, 0.5) is 5.69 Å². The molecule has 0 spiro atoms. The van der Waals surface area contributed by atoms with Crippen molar-refractivity contribution in [2.45, 2.75) is 23.9 Å². The monoisotopic (exact) mass is 347 g/mol. The van der Waals surface area contributed by atoms with E-state index < -0.39 is 5.54 Å². The van der Waals surface area contributed by atoms with E-state index in [1.165, 1.54) is 0 Å². The third-order valence-corrected chi connectivity index (χ3v) is 8.14. The summed E-state index contributed by atoms with van der Waals surface area (Å²) in [5, 5.41) is 11.7. The van der Waals surface area contributed by atoms with Crippen molar-refractivity contribution in [3.8, 4) is 0 Å². The van der Waals surface area contributed by atoms with Crippen molar-refractivity contribution >= 4 is 17.6 Å². The second-order valence-electron chi connectivity index (χ2n) is 8.56. The predicted molar refractivity (Wildman–Crippen MR) is 89.7 cm³/mol. The highest BCUT2D eigenvalue weighted by Gasteiger charge is 2.88. The molecule has 3 saturated carbocycles. The van der Waals surface area contributed by atoms with Crippen LogP contribution < -0.4 is 5.01 Å². The van der Waals surface area contributed by atoms with Gasteiger partial charge in [0.05, 0.1) is 17.5 Å². The zero-order valence-corrected chi connectivity index (χ0v) is 14.0. The Kier molecular flexibility index (Phi) is 2.06. The molecule has 8 atom stereocenters. The van der Waals surface area contributed by atoms with Crippen LogP contribution in [0.1, 0.15) is 12.8 Å². The van der Waals surface area contributed by atoms with E-state index in [0.717, 1.165) is 18.5 Å². The fraction of sp³-hybridized carbons (Fsp3) is 0.500. The van der Waals surface area contributed by atoms with Crippen LogP contribution in [0.3, 0.4) is 0 Å². The first-order chi connectivity index (χ1) is 12.7. The van der Waals surface area contributed by atoms with Crippen molar-refractivity contribution in [3.63, 3.8) is 0 Å². The second kappa shape index (κ2) is 3.92. The smallest absolute Gasteiger partial charge is 0.317 e. The molecule has 7 rings (SSSR count). The number of para-hydroxylation sites is 1. The molecule has 1 aromatic carbocycles. The molecule has 26 heavy (non-hydrogen) atoms. The van der Waals surface area contributed by atoms with Crippen LogP contribution in [0.2, 0.25) is 0 Å². The predicted octanol–water partition coefficient (Wildman–Crippen LogP) is 2.52. The molecular weight excluding hydrogens is 330 g/mol. The van der Waals surface area contributed by atoms with Crippen molar-refractivity contribution in [1.82, 2.24) is 0 Å². The highest BCUT2D eigenvalue weighted by Crippen LogP contribution is 2.78. The number of anilines is 1. The Balaban J connectivity index is 1.50. The average Bonchev–Trinajstić information content (AvgIpc) is 3.43. The SMILES string of the molecule is O=C1OC(=O)[C@H]2[C@H]1[C@H]1C[C@H]2[C@]23[C@@H]4C=C[C@@H](C4)[C@]12N=NN3c1ccccc1. The van der Waals surface area contributed by atoms with Crippen LogP contribution >= 0.6 is 0 Å². The van der Waals surface area contributed by atoms with E-state index in [1.807, 2.05) is 18.2 Å². The van der Waals surface area contributed by atoms with Gasteiger partial charge in [0.1, 0.15) is 11.1 Å². The van der Waals surface area contributed by atoms with Gasteiger partial charge in [-0.05, 0) is 25.0 Å². The number of ether oxygens (including phenoxy) is 1. The van der Waals surface area contributed by atoms with Gasteiger partial charge in [0, 0.05) is 23.7 Å². The number of carbonyl (C=O) groups is 2. The molecule has 4 aliphatic carbocycles. The van der Waals surface area contributed by atoms with E-state index in [9.17, 15) is 9.59 Å². The Hall–Kier alpha value is -2.50. The van der Waals surface area contributed by atoms with Gasteiger partial charge < -0.3 is 4.74 Å². The van der Waals surface area contributed by atoms with Crippen LogP contribution in [0.25, 0.3) is 0 Å². The Morgan fingerprint density at radius 1 is 0.962 bits per heavy atom. The summed E-state index contributed by atoms with van der Waals surface area (Å²) < 4.78 is 5.08. The van der Waals surface area contributed by atoms with E-state index in [-0.39, 0.29) is 41.1 Å². The molecule has 0 aromatic heterocycles. The van der Waals surface area contributed by atoms with Crippen LogP contribution in [-0.4, -0.2) is 23.0 Å². The Morgan fingerprint density at radius 2 is 1.69 bits per heavy atom. The molecule has 6 aliphatic rings. The molecule has 0 radical (unpaired) electrons. The number of cyclic esters (lactones) is 2. The molecule has 0 amide bonds. The summed E-state index contributed by atoms with van der Waals surface area (Å²) in [5.74, 6) is -0.615. The largest absolute Gasteiger partial charge is 0.393 e. The summed E-state index contributed by atoms with van der Waals surface area (Å²) in [5.41, 5.74) is 0.293. The Bertz CT molecular complexity index is 943. The maximum Gasteiger partial charge on any atom is 0.317 e. The molecule has 6 nitrogen and oxygen atoms in total. The summed E-state index contributed by atoms with van der Waals surface area (Å²) >= 11 is 0. The van der Waals surface area contributed by atoms with Gasteiger partial charge in [0.2, 0.25) is 0 Å². The van der Waals surface area contributed by atoms with E-state index in [2.05, 4.69) is 34.5 Å². The lowest BCUT2D eigenvalue weighted by Crippen LogP contribution is -2.67. The highest BCUT2D eigenvalue weighted by atomic mass is 16.6. The number of esters is 2. The van der Waals surface area contributed by atoms with Crippen molar-refractivity contribution in [2.24, 2.45) is 45.8 Å². The summed E-state index contributed by atoms with van der Waals surface area (Å²) in [6.07, 6.45) is 6.48. The molecule has 4 bridgehead atoms. The first-order valence-electron chi connectivity index (χ1n) is 9.41. The number of hydrogen-bond acceptors (Lipinski definition) is 6. The fourth-order valence-electron chi connectivity index (χ4n) is 7.66. The second-order valence-corrected chi connectivity index (χ2v) is 8.56. The highest BCUT2D eigenvalue weighted by molar-refractivity contribution is 5.98. The zero-order chi connectivity index (χ0) is 17.3. The van der Waals surface area contributed by atoms with Gasteiger partial charge in [-0.15, -0.1) is 0 Å². The van der Waals surface area contributed by atoms with Crippen LogP contribution in [-0.2, 0) is 14.3 Å². The number of fused-ring (bicyclic) bond motifs is 7. The standard InChI is InChI=1S/C20H17N3O3/c24-17-15-13-9-14(16(15)18(25)26-17)20-11-7-6-10(8-11)19(13,20)21-22-23(20)12-4-2-1-3-5-12/h1-7,10-11,13-16H,8-9H2/t10-,11+,13+,14+,15+,16+,19-,20+/m0/s1. The number of carbonyl (C=O) groups excluding carboxylic acids is 2. The summed E-state index contributed by atoms with van der Waals surface area (Å²) in [7, 11) is 0. The normalized spacial score (nSPS) is 51.2. The average molecular weight is 347 g/mol. The van der Waals surface area contributed by atoms with Crippen molar-refractivity contribution in [2.75, 3.05) is 5.01 Å². The fourth-order valence-corrected chi connectivity index (χ4v) is 7.66. The number of hydrogen-bond donors (Lipinski definition) is 0. The van der Waals surface area contributed by atoms with Gasteiger partial charge in [-0.3, -0.25) is 9.59 Å². The van der Waals surface area contributed by atoms with E-state index in [4.69, 9.17) is 9.85 Å². The van der Waals surface area contributed by atoms with Crippen molar-refractivity contribution in [3.05, 3.63) is 42.5 Å². The van der Waals surface area contributed by atoms with E-state index in [1.54, 1.807) is 0 Å². The summed E-state index contributed by atoms with van der Waals surface area (Å²) in [6.45, 7) is 0. The Morgan fingerprint density at radius 3 is 2.50 bits per heavy atom.